The van der Waals surface area contributed by atoms with Crippen LogP contribution in [-0.4, -0.2) is 11.0 Å². The number of nitrogens with zero attached hydrogens (tertiary/aromatic N) is 1. The highest BCUT2D eigenvalue weighted by atomic mass is 79.9. The molecule has 94 valence electrons. The third-order valence-electron chi connectivity index (χ3n) is 2.82. The average Bonchev–Trinajstić information content (AvgIpc) is 3.02. The van der Waals surface area contributed by atoms with E-state index in [2.05, 4.69) is 26.2 Å². The van der Waals surface area contributed by atoms with Crippen molar-refractivity contribution in [2.45, 2.75) is 25.4 Å². The first-order valence-electron chi connectivity index (χ1n) is 5.85. The first kappa shape index (κ1) is 12.2. The van der Waals surface area contributed by atoms with Crippen LogP contribution in [0.5, 0.6) is 0 Å². The molecule has 0 spiro atoms. The van der Waals surface area contributed by atoms with Crippen LogP contribution < -0.4 is 5.32 Å². The number of nitrogens with one attached hydrogen (secondary N) is 1. The molecular weight excluding hydrogens is 316 g/mol. The van der Waals surface area contributed by atoms with Crippen molar-refractivity contribution in [3.05, 3.63) is 39.8 Å². The second-order valence-electron chi connectivity index (χ2n) is 4.43. The summed E-state index contributed by atoms with van der Waals surface area (Å²) >= 11 is 9.43. The molecule has 1 aliphatic carbocycles. The topological polar surface area (TPSA) is 38.1 Å². The van der Waals surface area contributed by atoms with Gasteiger partial charge in [0.15, 0.2) is 5.76 Å². The van der Waals surface area contributed by atoms with E-state index in [1.165, 1.54) is 12.8 Å². The number of hydrogen-bond acceptors (Lipinski definition) is 3. The minimum Gasteiger partial charge on any atom is -0.439 e. The van der Waals surface area contributed by atoms with E-state index in [1.807, 2.05) is 18.2 Å². The summed E-state index contributed by atoms with van der Waals surface area (Å²) in [6.07, 6.45) is 4.26. The maximum Gasteiger partial charge on any atom is 0.208 e. The molecule has 3 rings (SSSR count). The standard InChI is InChI=1S/C13H12BrClN2O/c14-9-3-8(4-10(15)5-9)12-6-17-13(18-12)7-16-11-1-2-11/h3-6,11,16H,1-2,7H2. The molecule has 0 amide bonds. The fourth-order valence-corrected chi connectivity index (χ4v) is 2.60. The normalized spacial score (nSPS) is 15.0. The van der Waals surface area contributed by atoms with E-state index < -0.39 is 0 Å². The van der Waals surface area contributed by atoms with Crippen LogP contribution in [0.2, 0.25) is 5.02 Å². The summed E-state index contributed by atoms with van der Waals surface area (Å²) < 4.78 is 6.63. The third-order valence-corrected chi connectivity index (χ3v) is 3.50. The molecule has 0 radical (unpaired) electrons. The Morgan fingerprint density at radius 1 is 1.39 bits per heavy atom. The van der Waals surface area contributed by atoms with Crippen molar-refractivity contribution in [2.75, 3.05) is 0 Å². The summed E-state index contributed by atoms with van der Waals surface area (Å²) in [7, 11) is 0. The van der Waals surface area contributed by atoms with E-state index in [0.717, 1.165) is 15.8 Å². The lowest BCUT2D eigenvalue weighted by Gasteiger charge is -2.00. The Labute approximate surface area is 119 Å². The average molecular weight is 328 g/mol. The molecule has 1 aromatic carbocycles. The number of rotatable bonds is 4. The van der Waals surface area contributed by atoms with Gasteiger partial charge in [-0.25, -0.2) is 4.98 Å². The van der Waals surface area contributed by atoms with Gasteiger partial charge in [0.1, 0.15) is 0 Å². The van der Waals surface area contributed by atoms with Crippen LogP contribution in [-0.2, 0) is 6.54 Å². The Hall–Kier alpha value is -0.840. The SMILES string of the molecule is Clc1cc(Br)cc(-c2cnc(CNC3CC3)o2)c1. The Morgan fingerprint density at radius 2 is 2.22 bits per heavy atom. The van der Waals surface area contributed by atoms with Crippen LogP contribution in [0.3, 0.4) is 0 Å². The number of oxazole rings is 1. The van der Waals surface area contributed by atoms with Crippen molar-refractivity contribution in [1.82, 2.24) is 10.3 Å². The van der Waals surface area contributed by atoms with Crippen molar-refractivity contribution >= 4 is 27.5 Å². The molecule has 1 heterocycles. The van der Waals surface area contributed by atoms with Gasteiger partial charge in [-0.1, -0.05) is 27.5 Å². The lowest BCUT2D eigenvalue weighted by Crippen LogP contribution is -2.15. The van der Waals surface area contributed by atoms with E-state index >= 15 is 0 Å². The lowest BCUT2D eigenvalue weighted by molar-refractivity contribution is 0.476. The van der Waals surface area contributed by atoms with Gasteiger partial charge in [0, 0.05) is 21.1 Å². The summed E-state index contributed by atoms with van der Waals surface area (Å²) in [5.41, 5.74) is 0.930. The van der Waals surface area contributed by atoms with Crippen LogP contribution in [0, 0.1) is 0 Å². The van der Waals surface area contributed by atoms with E-state index in [0.29, 0.717) is 23.5 Å². The molecular formula is C13H12BrClN2O. The van der Waals surface area contributed by atoms with Gasteiger partial charge in [0.25, 0.3) is 0 Å². The predicted octanol–water partition coefficient (Wildman–Crippen LogP) is 4.01. The quantitative estimate of drug-likeness (QED) is 0.922. The maximum atomic E-state index is 6.01. The Balaban J connectivity index is 1.78. The van der Waals surface area contributed by atoms with Crippen LogP contribution in [0.4, 0.5) is 0 Å². The Bertz CT molecular complexity index is 546. The van der Waals surface area contributed by atoms with Gasteiger partial charge in [-0.15, -0.1) is 0 Å². The predicted molar refractivity (Wildman–Crippen MR) is 74.5 cm³/mol. The summed E-state index contributed by atoms with van der Waals surface area (Å²) in [4.78, 5) is 4.26. The Kier molecular flexibility index (Phi) is 3.41. The van der Waals surface area contributed by atoms with Crippen molar-refractivity contribution in [3.8, 4) is 11.3 Å². The summed E-state index contributed by atoms with van der Waals surface area (Å²) in [6.45, 7) is 0.687. The van der Waals surface area contributed by atoms with Gasteiger partial charge in [-0.3, -0.25) is 0 Å². The number of hydrogen-bond donors (Lipinski definition) is 1. The second-order valence-corrected chi connectivity index (χ2v) is 5.78. The minimum absolute atomic E-state index is 0.653. The van der Waals surface area contributed by atoms with Crippen LogP contribution in [0.25, 0.3) is 11.3 Å². The van der Waals surface area contributed by atoms with Gasteiger partial charge in [-0.05, 0) is 31.0 Å². The minimum atomic E-state index is 0.653. The second kappa shape index (κ2) is 5.03. The molecule has 5 heteroatoms. The highest BCUT2D eigenvalue weighted by Gasteiger charge is 2.21. The van der Waals surface area contributed by atoms with Gasteiger partial charge >= 0.3 is 0 Å². The van der Waals surface area contributed by atoms with Crippen LogP contribution >= 0.6 is 27.5 Å². The van der Waals surface area contributed by atoms with Crippen molar-refractivity contribution < 1.29 is 4.42 Å². The van der Waals surface area contributed by atoms with Gasteiger partial charge in [-0.2, -0.15) is 0 Å². The maximum absolute atomic E-state index is 6.01. The number of aromatic nitrogens is 1. The van der Waals surface area contributed by atoms with Crippen molar-refractivity contribution in [2.24, 2.45) is 0 Å². The summed E-state index contributed by atoms with van der Waals surface area (Å²) in [5.74, 6) is 1.46. The zero-order valence-electron chi connectivity index (χ0n) is 9.62. The first-order valence-corrected chi connectivity index (χ1v) is 7.02. The molecule has 1 N–H and O–H groups in total. The van der Waals surface area contributed by atoms with E-state index in [-0.39, 0.29) is 0 Å². The van der Waals surface area contributed by atoms with Gasteiger partial charge in [0.2, 0.25) is 5.89 Å². The highest BCUT2D eigenvalue weighted by molar-refractivity contribution is 9.10. The molecule has 0 atom stereocenters. The number of halogens is 2. The fourth-order valence-electron chi connectivity index (χ4n) is 1.74. The number of benzene rings is 1. The smallest absolute Gasteiger partial charge is 0.208 e. The first-order chi connectivity index (χ1) is 8.70. The molecule has 2 aromatic rings. The molecule has 0 aliphatic heterocycles. The van der Waals surface area contributed by atoms with Crippen LogP contribution in [0.1, 0.15) is 18.7 Å². The molecule has 1 aromatic heterocycles. The molecule has 1 fully saturated rings. The van der Waals surface area contributed by atoms with Crippen LogP contribution in [0.15, 0.2) is 33.3 Å². The summed E-state index contributed by atoms with van der Waals surface area (Å²) in [5, 5.41) is 4.04. The van der Waals surface area contributed by atoms with Crippen molar-refractivity contribution in [3.63, 3.8) is 0 Å². The monoisotopic (exact) mass is 326 g/mol. The Morgan fingerprint density at radius 3 is 2.94 bits per heavy atom. The molecule has 1 aliphatic rings. The molecule has 1 saturated carbocycles. The van der Waals surface area contributed by atoms with E-state index in [4.69, 9.17) is 16.0 Å². The molecule has 3 nitrogen and oxygen atoms in total. The van der Waals surface area contributed by atoms with Crippen molar-refractivity contribution in [1.29, 1.82) is 0 Å². The zero-order chi connectivity index (χ0) is 12.5. The molecule has 18 heavy (non-hydrogen) atoms. The van der Waals surface area contributed by atoms with Gasteiger partial charge in [0.05, 0.1) is 12.7 Å². The van der Waals surface area contributed by atoms with E-state index in [9.17, 15) is 0 Å². The summed E-state index contributed by atoms with van der Waals surface area (Å²) in [6, 6.07) is 6.33. The fraction of sp³-hybridized carbons (Fsp3) is 0.308. The molecule has 0 unspecified atom stereocenters. The molecule has 0 saturated heterocycles. The molecule has 0 bridgehead atoms. The zero-order valence-corrected chi connectivity index (χ0v) is 12.0. The highest BCUT2D eigenvalue weighted by Crippen LogP contribution is 2.28. The largest absolute Gasteiger partial charge is 0.439 e. The van der Waals surface area contributed by atoms with Gasteiger partial charge < -0.3 is 9.73 Å². The lowest BCUT2D eigenvalue weighted by atomic mass is 10.2. The van der Waals surface area contributed by atoms with E-state index in [1.54, 1.807) is 6.20 Å². The third kappa shape index (κ3) is 2.94.